The van der Waals surface area contributed by atoms with Gasteiger partial charge in [0.25, 0.3) is 0 Å². The van der Waals surface area contributed by atoms with Crippen molar-refractivity contribution in [1.82, 2.24) is 0 Å². The second-order valence-electron chi connectivity index (χ2n) is 6.29. The quantitative estimate of drug-likeness (QED) is 0.412. The highest BCUT2D eigenvalue weighted by Crippen LogP contribution is 2.36. The molecule has 3 aromatic rings. The number of carbonyl (C=O) groups excluding carboxylic acids is 2. The van der Waals surface area contributed by atoms with E-state index in [1.807, 2.05) is 0 Å². The van der Waals surface area contributed by atoms with E-state index >= 15 is 0 Å². The maximum Gasteiger partial charge on any atom is 0.341 e. The molecule has 2 aromatic carbocycles. The fraction of sp³-hybridized carbons (Fsp3) is 0.130. The fourth-order valence-electron chi connectivity index (χ4n) is 2.88. The summed E-state index contributed by atoms with van der Waals surface area (Å²) in [4.78, 5) is 24.8. The van der Waals surface area contributed by atoms with Crippen molar-refractivity contribution in [3.05, 3.63) is 70.9 Å². The largest absolute Gasteiger partial charge is 0.493 e. The lowest BCUT2D eigenvalue weighted by atomic mass is 10.0. The van der Waals surface area contributed by atoms with Crippen molar-refractivity contribution >= 4 is 34.3 Å². The topological polar surface area (TPSA) is 73.9 Å². The van der Waals surface area contributed by atoms with Crippen LogP contribution in [0.1, 0.15) is 15.9 Å². The van der Waals surface area contributed by atoms with Crippen molar-refractivity contribution in [2.45, 2.75) is 0 Å². The molecule has 0 aliphatic rings. The summed E-state index contributed by atoms with van der Waals surface area (Å²) >= 11 is 1.18. The van der Waals surface area contributed by atoms with Crippen molar-refractivity contribution in [2.24, 2.45) is 0 Å². The van der Waals surface area contributed by atoms with Crippen LogP contribution in [0.5, 0.6) is 11.5 Å². The van der Waals surface area contributed by atoms with Gasteiger partial charge in [0.1, 0.15) is 16.4 Å². The number of rotatable bonds is 7. The molecule has 0 aliphatic heterocycles. The van der Waals surface area contributed by atoms with Crippen molar-refractivity contribution in [2.75, 3.05) is 26.6 Å². The Morgan fingerprint density at radius 2 is 1.71 bits per heavy atom. The summed E-state index contributed by atoms with van der Waals surface area (Å²) in [5.41, 5.74) is 2.14. The zero-order valence-corrected chi connectivity index (χ0v) is 17.9. The number of carbonyl (C=O) groups is 2. The molecule has 0 radical (unpaired) electrons. The van der Waals surface area contributed by atoms with Crippen molar-refractivity contribution in [1.29, 1.82) is 0 Å². The van der Waals surface area contributed by atoms with E-state index in [1.165, 1.54) is 43.8 Å². The summed E-state index contributed by atoms with van der Waals surface area (Å²) in [5, 5.41) is 4.77. The van der Waals surface area contributed by atoms with Gasteiger partial charge in [0, 0.05) is 17.0 Å². The van der Waals surface area contributed by atoms with Crippen LogP contribution in [0.4, 0.5) is 9.39 Å². The fourth-order valence-corrected chi connectivity index (χ4v) is 3.84. The van der Waals surface area contributed by atoms with Crippen molar-refractivity contribution < 1.29 is 28.2 Å². The number of methoxy groups -OCH3 is 3. The van der Waals surface area contributed by atoms with Crippen LogP contribution in [-0.2, 0) is 9.53 Å². The summed E-state index contributed by atoms with van der Waals surface area (Å²) in [5.74, 6) is -0.279. The van der Waals surface area contributed by atoms with Gasteiger partial charge in [-0.1, -0.05) is 18.2 Å². The third-order valence-electron chi connectivity index (χ3n) is 4.41. The monoisotopic (exact) mass is 441 g/mol. The highest BCUT2D eigenvalue weighted by atomic mass is 32.1. The second kappa shape index (κ2) is 9.90. The first-order valence-corrected chi connectivity index (χ1v) is 10.0. The van der Waals surface area contributed by atoms with E-state index in [0.717, 1.165) is 5.56 Å². The molecule has 8 heteroatoms. The van der Waals surface area contributed by atoms with Crippen LogP contribution >= 0.6 is 11.3 Å². The van der Waals surface area contributed by atoms with Crippen LogP contribution in [0.3, 0.4) is 0 Å². The molecule has 1 N–H and O–H groups in total. The minimum atomic E-state index is -0.597. The normalized spacial score (nSPS) is 10.7. The molecule has 160 valence electrons. The molecule has 0 atom stereocenters. The maximum atomic E-state index is 13.3. The van der Waals surface area contributed by atoms with E-state index in [-0.39, 0.29) is 11.4 Å². The Morgan fingerprint density at radius 3 is 2.35 bits per heavy atom. The van der Waals surface area contributed by atoms with Gasteiger partial charge in [0.2, 0.25) is 5.91 Å². The minimum absolute atomic E-state index is 0.215. The summed E-state index contributed by atoms with van der Waals surface area (Å²) in [6, 6.07) is 11.0. The molecule has 0 saturated carbocycles. The predicted octanol–water partition coefficient (Wildman–Crippen LogP) is 5.01. The molecule has 1 amide bonds. The average molecular weight is 441 g/mol. The SMILES string of the molecule is COC(=O)c1c(-c2ccc(F)cc2)csc1NC(=O)/C=C/c1ccc(OC)c(OC)c1. The van der Waals surface area contributed by atoms with Gasteiger partial charge >= 0.3 is 5.97 Å². The average Bonchev–Trinajstić information content (AvgIpc) is 3.20. The molecular formula is C23H20FNO5S. The molecule has 0 bridgehead atoms. The number of thiophene rings is 1. The van der Waals surface area contributed by atoms with Gasteiger partial charge in [-0.2, -0.15) is 0 Å². The minimum Gasteiger partial charge on any atom is -0.493 e. The summed E-state index contributed by atoms with van der Waals surface area (Å²) in [6.07, 6.45) is 2.96. The third-order valence-corrected chi connectivity index (χ3v) is 5.30. The molecule has 0 spiro atoms. The zero-order valence-electron chi connectivity index (χ0n) is 17.1. The molecule has 0 aliphatic carbocycles. The van der Waals surface area contributed by atoms with Crippen molar-refractivity contribution in [3.8, 4) is 22.6 Å². The first-order chi connectivity index (χ1) is 15.0. The van der Waals surface area contributed by atoms with E-state index in [2.05, 4.69) is 5.32 Å². The first-order valence-electron chi connectivity index (χ1n) is 9.13. The van der Waals surface area contributed by atoms with E-state index in [9.17, 15) is 14.0 Å². The molecule has 1 aromatic heterocycles. The standard InChI is InChI=1S/C23H20FNO5S/c1-28-18-10-4-14(12-19(18)29-2)5-11-20(26)25-22-21(23(27)30-3)17(13-31-22)15-6-8-16(24)9-7-15/h4-13H,1-3H3,(H,25,26)/b11-5+. The smallest absolute Gasteiger partial charge is 0.341 e. The molecule has 1 heterocycles. The lowest BCUT2D eigenvalue weighted by molar-refractivity contribution is -0.111. The van der Waals surface area contributed by atoms with Crippen LogP contribution in [0.2, 0.25) is 0 Å². The van der Waals surface area contributed by atoms with Gasteiger partial charge in [0.15, 0.2) is 11.5 Å². The van der Waals surface area contributed by atoms with Crippen LogP contribution in [-0.4, -0.2) is 33.2 Å². The third kappa shape index (κ3) is 5.10. The van der Waals surface area contributed by atoms with Crippen LogP contribution in [0.25, 0.3) is 17.2 Å². The van der Waals surface area contributed by atoms with Gasteiger partial charge in [-0.3, -0.25) is 4.79 Å². The molecule has 31 heavy (non-hydrogen) atoms. The number of hydrogen-bond donors (Lipinski definition) is 1. The molecular weight excluding hydrogens is 421 g/mol. The summed E-state index contributed by atoms with van der Waals surface area (Å²) < 4.78 is 28.6. The van der Waals surface area contributed by atoms with Gasteiger partial charge in [-0.05, 0) is 41.5 Å². The Balaban J connectivity index is 1.83. The number of ether oxygens (including phenoxy) is 3. The second-order valence-corrected chi connectivity index (χ2v) is 7.17. The number of amides is 1. The number of benzene rings is 2. The summed E-state index contributed by atoms with van der Waals surface area (Å²) in [7, 11) is 4.33. The first kappa shape index (κ1) is 22.0. The Bertz CT molecular complexity index is 1120. The number of halogens is 1. The Morgan fingerprint density at radius 1 is 1.00 bits per heavy atom. The van der Waals surface area contributed by atoms with Crippen LogP contribution < -0.4 is 14.8 Å². The predicted molar refractivity (Wildman–Crippen MR) is 118 cm³/mol. The lowest BCUT2D eigenvalue weighted by Crippen LogP contribution is -2.11. The van der Waals surface area contributed by atoms with Crippen molar-refractivity contribution in [3.63, 3.8) is 0 Å². The Labute approximate surface area is 182 Å². The number of anilines is 1. The molecule has 3 rings (SSSR count). The van der Waals surface area contributed by atoms with Crippen LogP contribution in [0.15, 0.2) is 53.9 Å². The number of hydrogen-bond acceptors (Lipinski definition) is 6. The Kier molecular flexibility index (Phi) is 7.04. The maximum absolute atomic E-state index is 13.3. The van der Waals surface area contributed by atoms with Gasteiger partial charge in [0.05, 0.1) is 21.3 Å². The van der Waals surface area contributed by atoms with Gasteiger partial charge in [-0.25, -0.2) is 9.18 Å². The van der Waals surface area contributed by atoms with Gasteiger partial charge in [-0.15, -0.1) is 11.3 Å². The molecule has 0 saturated heterocycles. The highest BCUT2D eigenvalue weighted by molar-refractivity contribution is 7.15. The zero-order chi connectivity index (χ0) is 22.4. The number of nitrogens with one attached hydrogen (secondary N) is 1. The van der Waals surface area contributed by atoms with E-state index in [4.69, 9.17) is 14.2 Å². The van der Waals surface area contributed by atoms with E-state index in [1.54, 1.807) is 48.9 Å². The lowest BCUT2D eigenvalue weighted by Gasteiger charge is -2.08. The van der Waals surface area contributed by atoms with Gasteiger partial charge < -0.3 is 19.5 Å². The molecule has 0 fully saturated rings. The van der Waals surface area contributed by atoms with E-state index < -0.39 is 11.9 Å². The van der Waals surface area contributed by atoms with E-state index in [0.29, 0.717) is 27.6 Å². The molecule has 0 unspecified atom stereocenters. The summed E-state index contributed by atoms with van der Waals surface area (Å²) in [6.45, 7) is 0. The Hall–Kier alpha value is -3.65. The number of esters is 1. The molecule has 6 nitrogen and oxygen atoms in total. The highest BCUT2D eigenvalue weighted by Gasteiger charge is 2.22. The van der Waals surface area contributed by atoms with Crippen LogP contribution in [0, 0.1) is 5.82 Å².